The zero-order valence-corrected chi connectivity index (χ0v) is 11.4. The molecule has 6 nitrogen and oxygen atoms in total. The van der Waals surface area contributed by atoms with Crippen LogP contribution in [0.25, 0.3) is 11.4 Å². The predicted molar refractivity (Wildman–Crippen MR) is 71.6 cm³/mol. The third-order valence-corrected chi connectivity index (χ3v) is 3.17. The molecule has 0 saturated carbocycles. The number of ether oxygens (including phenoxy) is 2. The summed E-state index contributed by atoms with van der Waals surface area (Å²) in [6, 6.07) is 5.88. The van der Waals surface area contributed by atoms with E-state index < -0.39 is 5.97 Å². The first-order valence-electron chi connectivity index (χ1n) is 6.53. The van der Waals surface area contributed by atoms with Crippen molar-refractivity contribution in [3.63, 3.8) is 0 Å². The molecular formula is C14H15N3O3. The maximum Gasteiger partial charge on any atom is 0.378 e. The summed E-state index contributed by atoms with van der Waals surface area (Å²) in [6.45, 7) is 2.77. The van der Waals surface area contributed by atoms with Gasteiger partial charge in [-0.25, -0.2) is 14.5 Å². The molecule has 0 spiro atoms. The smallest absolute Gasteiger partial charge is 0.378 e. The summed E-state index contributed by atoms with van der Waals surface area (Å²) in [7, 11) is 1.76. The molecule has 0 amide bonds. The Morgan fingerprint density at radius 1 is 1.50 bits per heavy atom. The lowest BCUT2D eigenvalue weighted by Crippen LogP contribution is -2.07. The average molecular weight is 273 g/mol. The molecule has 1 aliphatic heterocycles. The summed E-state index contributed by atoms with van der Waals surface area (Å²) in [6.07, 6.45) is 0.895. The van der Waals surface area contributed by atoms with Gasteiger partial charge in [-0.05, 0) is 30.7 Å². The van der Waals surface area contributed by atoms with Crippen LogP contribution in [-0.2, 0) is 18.2 Å². The summed E-state index contributed by atoms with van der Waals surface area (Å²) < 4.78 is 12.0. The second kappa shape index (κ2) is 4.96. The van der Waals surface area contributed by atoms with Crippen LogP contribution in [0.15, 0.2) is 18.2 Å². The van der Waals surface area contributed by atoms with Crippen molar-refractivity contribution in [2.45, 2.75) is 13.3 Å². The van der Waals surface area contributed by atoms with Gasteiger partial charge in [-0.1, -0.05) is 0 Å². The largest absolute Gasteiger partial charge is 0.493 e. The number of hydrogen-bond donors (Lipinski definition) is 0. The molecule has 0 atom stereocenters. The molecule has 0 unspecified atom stereocenters. The van der Waals surface area contributed by atoms with Crippen LogP contribution in [-0.4, -0.2) is 33.9 Å². The number of benzene rings is 1. The summed E-state index contributed by atoms with van der Waals surface area (Å²) in [4.78, 5) is 15.9. The fraction of sp³-hybridized carbons (Fsp3) is 0.357. The van der Waals surface area contributed by atoms with E-state index in [4.69, 9.17) is 9.47 Å². The summed E-state index contributed by atoms with van der Waals surface area (Å²) in [5, 5.41) is 4.10. The Morgan fingerprint density at radius 3 is 3.15 bits per heavy atom. The molecule has 6 heteroatoms. The predicted octanol–water partition coefficient (Wildman–Crippen LogP) is 1.59. The normalized spacial score (nSPS) is 12.9. The van der Waals surface area contributed by atoms with Gasteiger partial charge in [-0.3, -0.25) is 0 Å². The SMILES string of the molecule is CCOC(=O)c1nc(-c2ccc3c(c2)CCO3)n(C)n1. The lowest BCUT2D eigenvalue weighted by molar-refractivity contribution is 0.0512. The molecule has 1 aliphatic rings. The van der Waals surface area contributed by atoms with Gasteiger partial charge in [0.25, 0.3) is 5.82 Å². The Balaban J connectivity index is 1.96. The van der Waals surface area contributed by atoms with Crippen LogP contribution in [0.3, 0.4) is 0 Å². The number of carbonyl (C=O) groups excluding carboxylic acids is 1. The van der Waals surface area contributed by atoms with Crippen molar-refractivity contribution in [1.29, 1.82) is 0 Å². The van der Waals surface area contributed by atoms with Gasteiger partial charge < -0.3 is 9.47 Å². The maximum absolute atomic E-state index is 11.6. The van der Waals surface area contributed by atoms with Crippen molar-refractivity contribution in [3.8, 4) is 17.1 Å². The van der Waals surface area contributed by atoms with Gasteiger partial charge in [0.2, 0.25) is 0 Å². The first-order chi connectivity index (χ1) is 9.69. The fourth-order valence-corrected chi connectivity index (χ4v) is 2.24. The molecule has 1 aromatic carbocycles. The number of esters is 1. The Bertz CT molecular complexity index is 664. The van der Waals surface area contributed by atoms with Crippen LogP contribution in [0.2, 0.25) is 0 Å². The lowest BCUT2D eigenvalue weighted by Gasteiger charge is -2.02. The van der Waals surface area contributed by atoms with E-state index in [1.807, 2.05) is 18.2 Å². The van der Waals surface area contributed by atoms with Gasteiger partial charge in [-0.15, -0.1) is 5.10 Å². The molecule has 0 aliphatic carbocycles. The van der Waals surface area contributed by atoms with E-state index in [9.17, 15) is 4.79 Å². The van der Waals surface area contributed by atoms with E-state index in [0.29, 0.717) is 19.0 Å². The van der Waals surface area contributed by atoms with Crippen LogP contribution in [0.4, 0.5) is 0 Å². The molecule has 2 aromatic rings. The molecule has 0 N–H and O–H groups in total. The average Bonchev–Trinajstić information content (AvgIpc) is 3.04. The second-order valence-corrected chi connectivity index (χ2v) is 4.52. The highest BCUT2D eigenvalue weighted by Crippen LogP contribution is 2.29. The maximum atomic E-state index is 11.6. The third kappa shape index (κ3) is 2.13. The Labute approximate surface area is 116 Å². The Morgan fingerprint density at radius 2 is 2.35 bits per heavy atom. The van der Waals surface area contributed by atoms with E-state index in [0.717, 1.165) is 23.3 Å². The summed E-state index contributed by atoms with van der Waals surface area (Å²) in [5.41, 5.74) is 2.07. The standard InChI is InChI=1S/C14H15N3O3/c1-3-19-14(18)12-15-13(17(2)16-12)10-4-5-11-9(8-10)6-7-20-11/h4-5,8H,3,6-7H2,1-2H3. The highest BCUT2D eigenvalue weighted by Gasteiger charge is 2.19. The summed E-state index contributed by atoms with van der Waals surface area (Å²) in [5.74, 6) is 1.14. The van der Waals surface area contributed by atoms with E-state index >= 15 is 0 Å². The number of fused-ring (bicyclic) bond motifs is 1. The first kappa shape index (κ1) is 12.7. The van der Waals surface area contributed by atoms with Crippen molar-refractivity contribution >= 4 is 5.97 Å². The first-order valence-corrected chi connectivity index (χ1v) is 6.53. The summed E-state index contributed by atoms with van der Waals surface area (Å²) >= 11 is 0. The molecule has 1 aromatic heterocycles. The second-order valence-electron chi connectivity index (χ2n) is 4.52. The molecule has 20 heavy (non-hydrogen) atoms. The van der Waals surface area contributed by atoms with E-state index in [2.05, 4.69) is 10.1 Å². The quantitative estimate of drug-likeness (QED) is 0.794. The van der Waals surface area contributed by atoms with Gasteiger partial charge in [-0.2, -0.15) is 0 Å². The van der Waals surface area contributed by atoms with Crippen LogP contribution >= 0.6 is 0 Å². The van der Waals surface area contributed by atoms with Gasteiger partial charge in [0.1, 0.15) is 5.75 Å². The minimum atomic E-state index is -0.501. The zero-order valence-electron chi connectivity index (χ0n) is 11.4. The van der Waals surface area contributed by atoms with Crippen molar-refractivity contribution in [1.82, 2.24) is 14.8 Å². The number of carbonyl (C=O) groups is 1. The zero-order chi connectivity index (χ0) is 14.1. The van der Waals surface area contributed by atoms with Gasteiger partial charge >= 0.3 is 5.97 Å². The fourth-order valence-electron chi connectivity index (χ4n) is 2.24. The number of aromatic nitrogens is 3. The van der Waals surface area contributed by atoms with Crippen molar-refractivity contribution in [2.75, 3.05) is 13.2 Å². The number of rotatable bonds is 3. The van der Waals surface area contributed by atoms with Crippen LogP contribution < -0.4 is 4.74 Å². The van der Waals surface area contributed by atoms with Crippen molar-refractivity contribution in [2.24, 2.45) is 7.05 Å². The minimum Gasteiger partial charge on any atom is -0.493 e. The van der Waals surface area contributed by atoms with Crippen molar-refractivity contribution in [3.05, 3.63) is 29.6 Å². The van der Waals surface area contributed by atoms with Crippen LogP contribution in [0, 0.1) is 0 Å². The van der Waals surface area contributed by atoms with E-state index in [-0.39, 0.29) is 5.82 Å². The molecule has 0 fully saturated rings. The van der Waals surface area contributed by atoms with Gasteiger partial charge in [0, 0.05) is 19.0 Å². The number of aryl methyl sites for hydroxylation is 1. The topological polar surface area (TPSA) is 66.2 Å². The molecule has 2 heterocycles. The highest BCUT2D eigenvalue weighted by atomic mass is 16.5. The molecule has 0 bridgehead atoms. The third-order valence-electron chi connectivity index (χ3n) is 3.17. The van der Waals surface area contributed by atoms with Crippen LogP contribution in [0.1, 0.15) is 23.1 Å². The molecule has 104 valence electrons. The number of nitrogens with zero attached hydrogens (tertiary/aromatic N) is 3. The van der Waals surface area contributed by atoms with E-state index in [1.54, 1.807) is 18.7 Å². The monoisotopic (exact) mass is 273 g/mol. The van der Waals surface area contributed by atoms with Gasteiger partial charge in [0.15, 0.2) is 5.82 Å². The highest BCUT2D eigenvalue weighted by molar-refractivity contribution is 5.85. The lowest BCUT2D eigenvalue weighted by atomic mass is 10.1. The Kier molecular flexibility index (Phi) is 3.14. The minimum absolute atomic E-state index is 0.0844. The molecule has 0 saturated heterocycles. The van der Waals surface area contributed by atoms with Gasteiger partial charge in [0.05, 0.1) is 13.2 Å². The van der Waals surface area contributed by atoms with Crippen LogP contribution in [0.5, 0.6) is 5.75 Å². The van der Waals surface area contributed by atoms with E-state index in [1.165, 1.54) is 0 Å². The molecule has 3 rings (SSSR count). The van der Waals surface area contributed by atoms with Crippen molar-refractivity contribution < 1.29 is 14.3 Å². The molecule has 0 radical (unpaired) electrons. The Hall–Kier alpha value is -2.37. The molecular weight excluding hydrogens is 258 g/mol. The number of hydrogen-bond acceptors (Lipinski definition) is 5.